The second-order valence-corrected chi connectivity index (χ2v) is 6.29. The number of ether oxygens (including phenoxy) is 1. The number of anilines is 1. The van der Waals surface area contributed by atoms with Crippen molar-refractivity contribution in [1.29, 1.82) is 0 Å². The maximum atomic E-state index is 14.8. The summed E-state index contributed by atoms with van der Waals surface area (Å²) in [5, 5.41) is 0.321. The number of nitrogens with zero attached hydrogens (tertiary/aromatic N) is 1. The summed E-state index contributed by atoms with van der Waals surface area (Å²) in [5.74, 6) is -6.00. The lowest BCUT2D eigenvalue weighted by Gasteiger charge is -2.32. The molecule has 0 spiro atoms. The second kappa shape index (κ2) is 5.88. The second-order valence-electron chi connectivity index (χ2n) is 6.29. The van der Waals surface area contributed by atoms with Crippen LogP contribution in [0.4, 0.5) is 27.6 Å². The first-order chi connectivity index (χ1) is 13.1. The molecule has 3 aromatic rings. The molecule has 4 nitrogen and oxygen atoms in total. The van der Waals surface area contributed by atoms with Gasteiger partial charge >= 0.3 is 12.1 Å². The van der Waals surface area contributed by atoms with Crippen LogP contribution in [0.25, 0.3) is 10.9 Å². The van der Waals surface area contributed by atoms with E-state index in [1.165, 1.54) is 6.07 Å². The van der Waals surface area contributed by atoms with Crippen molar-refractivity contribution in [2.75, 3.05) is 5.73 Å². The SMILES string of the molecule is Nc1c2c(nc3ccccc13)OC(c1ccc(C(F)(F)F)cc1)C(F)(F)C2=O. The lowest BCUT2D eigenvalue weighted by Crippen LogP contribution is -2.43. The van der Waals surface area contributed by atoms with Crippen LogP contribution in [0.3, 0.4) is 0 Å². The molecule has 2 aromatic carbocycles. The largest absolute Gasteiger partial charge is 0.462 e. The van der Waals surface area contributed by atoms with Crippen LogP contribution in [-0.2, 0) is 6.18 Å². The average molecular weight is 394 g/mol. The van der Waals surface area contributed by atoms with E-state index in [1.807, 2.05) is 0 Å². The molecule has 0 saturated heterocycles. The first kappa shape index (κ1) is 18.1. The van der Waals surface area contributed by atoms with Crippen molar-refractivity contribution in [3.63, 3.8) is 0 Å². The number of nitrogens with two attached hydrogens (primary N) is 1. The number of nitrogen functional groups attached to an aromatic ring is 1. The van der Waals surface area contributed by atoms with E-state index in [0.29, 0.717) is 23.0 Å². The van der Waals surface area contributed by atoms with Gasteiger partial charge in [0.1, 0.15) is 5.56 Å². The van der Waals surface area contributed by atoms with E-state index in [1.54, 1.807) is 18.2 Å². The Bertz CT molecular complexity index is 1090. The molecule has 0 radical (unpaired) electrons. The molecule has 1 aliphatic rings. The molecule has 2 N–H and O–H groups in total. The zero-order valence-corrected chi connectivity index (χ0v) is 13.9. The molecule has 9 heteroatoms. The highest BCUT2D eigenvalue weighted by atomic mass is 19.4. The number of pyridine rings is 1. The molecule has 144 valence electrons. The predicted molar refractivity (Wildman–Crippen MR) is 90.2 cm³/mol. The molecule has 0 amide bonds. The quantitative estimate of drug-likeness (QED) is 0.603. The van der Waals surface area contributed by atoms with Gasteiger partial charge in [-0.2, -0.15) is 22.0 Å². The van der Waals surface area contributed by atoms with E-state index < -0.39 is 35.1 Å². The molecule has 0 bridgehead atoms. The van der Waals surface area contributed by atoms with Crippen molar-refractivity contribution in [2.45, 2.75) is 18.2 Å². The third kappa shape index (κ3) is 2.65. The zero-order chi connectivity index (χ0) is 20.3. The highest BCUT2D eigenvalue weighted by Crippen LogP contribution is 2.47. The van der Waals surface area contributed by atoms with E-state index in [4.69, 9.17) is 10.5 Å². The average Bonchev–Trinajstić information content (AvgIpc) is 2.64. The van der Waals surface area contributed by atoms with Crippen molar-refractivity contribution in [2.24, 2.45) is 0 Å². The molecule has 1 atom stereocenters. The van der Waals surface area contributed by atoms with Crippen LogP contribution in [0.2, 0.25) is 0 Å². The standard InChI is InChI=1S/C19H11F5N2O2/c20-18(21)15(27)13-14(25)11-3-1-2-4-12(11)26-17(13)28-16(18)9-5-7-10(8-6-9)19(22,23)24/h1-8,16H,(H2,25,26). The Morgan fingerprint density at radius 2 is 1.68 bits per heavy atom. The van der Waals surface area contributed by atoms with E-state index >= 15 is 0 Å². The van der Waals surface area contributed by atoms with Crippen molar-refractivity contribution < 1.29 is 31.5 Å². The first-order valence-electron chi connectivity index (χ1n) is 8.05. The van der Waals surface area contributed by atoms with E-state index in [0.717, 1.165) is 12.1 Å². The number of halogens is 5. The molecule has 1 unspecified atom stereocenters. The number of aromatic nitrogens is 1. The van der Waals surface area contributed by atoms with Crippen molar-refractivity contribution in [3.05, 3.63) is 65.2 Å². The van der Waals surface area contributed by atoms with E-state index in [-0.39, 0.29) is 17.1 Å². The van der Waals surface area contributed by atoms with Gasteiger partial charge in [-0.25, -0.2) is 4.98 Å². The minimum Gasteiger partial charge on any atom is -0.462 e. The monoisotopic (exact) mass is 394 g/mol. The zero-order valence-electron chi connectivity index (χ0n) is 13.9. The third-order valence-corrected chi connectivity index (χ3v) is 4.53. The number of fused-ring (bicyclic) bond motifs is 2. The van der Waals surface area contributed by atoms with Gasteiger partial charge in [-0.3, -0.25) is 4.79 Å². The summed E-state index contributed by atoms with van der Waals surface area (Å²) in [6.45, 7) is 0. The van der Waals surface area contributed by atoms with Gasteiger partial charge < -0.3 is 10.5 Å². The van der Waals surface area contributed by atoms with Gasteiger partial charge in [0.25, 0.3) is 0 Å². The Morgan fingerprint density at radius 3 is 2.32 bits per heavy atom. The summed E-state index contributed by atoms with van der Waals surface area (Å²) in [6, 6.07) is 9.37. The number of hydrogen-bond donors (Lipinski definition) is 1. The van der Waals surface area contributed by atoms with Crippen LogP contribution in [0.5, 0.6) is 5.88 Å². The molecule has 1 aromatic heterocycles. The number of alkyl halides is 5. The van der Waals surface area contributed by atoms with Gasteiger partial charge in [0.15, 0.2) is 6.10 Å². The van der Waals surface area contributed by atoms with Crippen molar-refractivity contribution in [3.8, 4) is 5.88 Å². The van der Waals surface area contributed by atoms with Crippen molar-refractivity contribution in [1.82, 2.24) is 4.98 Å². The summed E-state index contributed by atoms with van der Waals surface area (Å²) in [7, 11) is 0. The maximum Gasteiger partial charge on any atom is 0.416 e. The molecule has 4 rings (SSSR count). The molecule has 0 saturated carbocycles. The summed E-state index contributed by atoms with van der Waals surface area (Å²) in [4.78, 5) is 16.6. The normalized spacial score (nSPS) is 18.6. The lowest BCUT2D eigenvalue weighted by molar-refractivity contribution is -0.137. The predicted octanol–water partition coefficient (Wildman–Crippen LogP) is 4.79. The lowest BCUT2D eigenvalue weighted by atomic mass is 9.91. The Hall–Kier alpha value is -3.23. The molecule has 1 aliphatic heterocycles. The van der Waals surface area contributed by atoms with Crippen LogP contribution in [0.1, 0.15) is 27.6 Å². The Morgan fingerprint density at radius 1 is 1.04 bits per heavy atom. The highest BCUT2D eigenvalue weighted by Gasteiger charge is 2.55. The smallest absolute Gasteiger partial charge is 0.416 e. The Labute approximate surface area is 154 Å². The molecule has 0 aliphatic carbocycles. The molecule has 0 fully saturated rings. The number of para-hydroxylation sites is 1. The van der Waals surface area contributed by atoms with Crippen LogP contribution >= 0.6 is 0 Å². The van der Waals surface area contributed by atoms with E-state index in [2.05, 4.69) is 4.98 Å². The summed E-state index contributed by atoms with van der Waals surface area (Å²) in [5.41, 5.74) is 4.23. The van der Waals surface area contributed by atoms with Gasteiger partial charge in [0.05, 0.1) is 16.8 Å². The third-order valence-electron chi connectivity index (χ3n) is 4.53. The van der Waals surface area contributed by atoms with Gasteiger partial charge in [0, 0.05) is 5.39 Å². The fourth-order valence-electron chi connectivity index (χ4n) is 3.11. The Kier molecular flexibility index (Phi) is 3.81. The van der Waals surface area contributed by atoms with Gasteiger partial charge in [-0.05, 0) is 23.8 Å². The van der Waals surface area contributed by atoms with Crippen LogP contribution in [-0.4, -0.2) is 16.7 Å². The van der Waals surface area contributed by atoms with Gasteiger partial charge in [-0.1, -0.05) is 30.3 Å². The molecular weight excluding hydrogens is 383 g/mol. The number of Topliss-reactive ketones (excluding diaryl/α,β-unsaturated/α-hetero) is 1. The number of ketones is 1. The fraction of sp³-hybridized carbons (Fsp3) is 0.158. The van der Waals surface area contributed by atoms with Crippen molar-refractivity contribution >= 4 is 22.4 Å². The van der Waals surface area contributed by atoms with Crippen LogP contribution in [0.15, 0.2) is 48.5 Å². The number of carbonyl (C=O) groups excluding carboxylic acids is 1. The summed E-state index contributed by atoms with van der Waals surface area (Å²) >= 11 is 0. The Balaban J connectivity index is 1.84. The topological polar surface area (TPSA) is 65.2 Å². The maximum absolute atomic E-state index is 14.8. The number of rotatable bonds is 1. The number of benzene rings is 2. The molecular formula is C19H11F5N2O2. The van der Waals surface area contributed by atoms with Crippen LogP contribution < -0.4 is 10.5 Å². The van der Waals surface area contributed by atoms with Gasteiger partial charge in [0.2, 0.25) is 11.7 Å². The fourth-order valence-corrected chi connectivity index (χ4v) is 3.11. The number of carbonyl (C=O) groups is 1. The molecule has 2 heterocycles. The van der Waals surface area contributed by atoms with E-state index in [9.17, 15) is 26.7 Å². The summed E-state index contributed by atoms with van der Waals surface area (Å²) in [6.07, 6.45) is -6.74. The van der Waals surface area contributed by atoms with Gasteiger partial charge in [-0.15, -0.1) is 0 Å². The first-order valence-corrected chi connectivity index (χ1v) is 8.05. The number of hydrogen-bond acceptors (Lipinski definition) is 4. The highest BCUT2D eigenvalue weighted by molar-refractivity contribution is 6.13. The van der Waals surface area contributed by atoms with Crippen LogP contribution in [0, 0.1) is 0 Å². The minimum atomic E-state index is -4.62. The minimum absolute atomic E-state index is 0.184. The molecule has 28 heavy (non-hydrogen) atoms. The summed E-state index contributed by atoms with van der Waals surface area (Å²) < 4.78 is 72.9.